The molecule has 2 unspecified atom stereocenters. The average Bonchev–Trinajstić information content (AvgIpc) is 3.46. The molecular formula is C42H56N4O12. The number of aliphatic hydroxyl groups is 2. The van der Waals surface area contributed by atoms with Crippen molar-refractivity contribution in [2.24, 2.45) is 28.8 Å². The normalized spacial score (nSPS) is 32.1. The number of carbonyl (C=O) groups excluding carboxylic acids is 3. The van der Waals surface area contributed by atoms with E-state index in [-0.39, 0.29) is 44.5 Å². The molecule has 0 saturated carbocycles. The number of piperazine rings is 1. The number of hydrogen-bond acceptors (Lipinski definition) is 15. The van der Waals surface area contributed by atoms with Gasteiger partial charge in [0.05, 0.1) is 53.0 Å². The Morgan fingerprint density at radius 2 is 1.64 bits per heavy atom. The number of ether oxygens (including phenoxy) is 4. The smallest absolute Gasteiger partial charge is 0.312 e. The lowest BCUT2D eigenvalue weighted by Gasteiger charge is -2.38. The highest BCUT2D eigenvalue weighted by Gasteiger charge is 2.50. The summed E-state index contributed by atoms with van der Waals surface area (Å²) >= 11 is 0. The predicted molar refractivity (Wildman–Crippen MR) is 216 cm³/mol. The first-order valence-corrected chi connectivity index (χ1v) is 19.4. The van der Waals surface area contributed by atoms with Gasteiger partial charge in [-0.25, -0.2) is 0 Å². The number of hydrazone groups is 1. The lowest BCUT2D eigenvalue weighted by molar-refractivity contribution is -0.160. The first kappa shape index (κ1) is 44.0. The molecule has 316 valence electrons. The van der Waals surface area contributed by atoms with Crippen LogP contribution in [0.2, 0.25) is 0 Å². The fourth-order valence-corrected chi connectivity index (χ4v) is 7.78. The molecule has 0 aliphatic carbocycles. The first-order chi connectivity index (χ1) is 27.3. The van der Waals surface area contributed by atoms with Gasteiger partial charge in [-0.1, -0.05) is 45.9 Å². The third-order valence-corrected chi connectivity index (χ3v) is 11.5. The number of aliphatic hydroxyl groups excluding tert-OH is 2. The average molecular weight is 809 g/mol. The summed E-state index contributed by atoms with van der Waals surface area (Å²) in [5, 5.41) is 69.8. The van der Waals surface area contributed by atoms with Crippen molar-refractivity contribution >= 4 is 40.3 Å². The molecule has 4 aliphatic heterocycles. The molecular weight excluding hydrogens is 752 g/mol. The van der Waals surface area contributed by atoms with Crippen LogP contribution in [0.15, 0.2) is 41.2 Å². The topological polar surface area (TPSA) is 229 Å². The molecule has 1 amide bonds. The number of anilines is 1. The highest BCUT2D eigenvalue weighted by molar-refractivity contribution is 6.23. The summed E-state index contributed by atoms with van der Waals surface area (Å²) in [6.45, 7) is 14.9. The number of ketones is 1. The van der Waals surface area contributed by atoms with Crippen LogP contribution in [-0.2, 0) is 23.8 Å². The maximum Gasteiger partial charge on any atom is 0.312 e. The van der Waals surface area contributed by atoms with E-state index in [0.717, 1.165) is 0 Å². The molecule has 4 aliphatic rings. The van der Waals surface area contributed by atoms with Gasteiger partial charge in [-0.3, -0.25) is 19.4 Å². The van der Waals surface area contributed by atoms with Crippen molar-refractivity contribution in [3.05, 3.63) is 52.8 Å². The number of allylic oxidation sites excluding steroid dienone is 2. The van der Waals surface area contributed by atoms with E-state index < -0.39 is 88.8 Å². The minimum atomic E-state index is -2.04. The molecule has 9 atom stereocenters. The zero-order valence-electron chi connectivity index (χ0n) is 34.4. The molecule has 0 aromatic heterocycles. The number of amides is 1. The second-order valence-corrected chi connectivity index (χ2v) is 15.6. The number of esters is 1. The lowest BCUT2D eigenvalue weighted by Crippen LogP contribution is -2.46. The Balaban J connectivity index is 1.71. The van der Waals surface area contributed by atoms with Crippen LogP contribution in [0.4, 0.5) is 5.69 Å². The molecule has 6 rings (SSSR count). The third kappa shape index (κ3) is 8.51. The maximum atomic E-state index is 14.4. The van der Waals surface area contributed by atoms with Crippen molar-refractivity contribution in [1.82, 2.24) is 10.3 Å². The van der Waals surface area contributed by atoms with Crippen molar-refractivity contribution in [2.45, 2.75) is 85.6 Å². The van der Waals surface area contributed by atoms with Crippen molar-refractivity contribution in [2.75, 3.05) is 38.6 Å². The van der Waals surface area contributed by atoms with E-state index >= 15 is 0 Å². The van der Waals surface area contributed by atoms with E-state index in [4.69, 9.17) is 18.9 Å². The fourth-order valence-electron chi connectivity index (χ4n) is 7.78. The van der Waals surface area contributed by atoms with Crippen LogP contribution < -0.4 is 15.4 Å². The van der Waals surface area contributed by atoms with Crippen LogP contribution in [0, 0.1) is 30.6 Å². The van der Waals surface area contributed by atoms with Crippen LogP contribution in [-0.4, -0.2) is 118 Å². The summed E-state index contributed by atoms with van der Waals surface area (Å²) in [6.07, 6.45) is 4.83. The van der Waals surface area contributed by atoms with E-state index in [1.165, 1.54) is 59.4 Å². The van der Waals surface area contributed by atoms with Gasteiger partial charge < -0.3 is 55.1 Å². The highest BCUT2D eigenvalue weighted by atomic mass is 16.7. The molecule has 0 spiro atoms. The number of methoxy groups -OCH3 is 1. The highest BCUT2D eigenvalue weighted by Crippen LogP contribution is 2.55. The van der Waals surface area contributed by atoms with Crippen LogP contribution in [0.25, 0.3) is 10.8 Å². The number of nitrogens with zero attached hydrogens (tertiary/aromatic N) is 2. The third-order valence-electron chi connectivity index (χ3n) is 11.5. The van der Waals surface area contributed by atoms with Crippen molar-refractivity contribution in [1.29, 1.82) is 0 Å². The quantitative estimate of drug-likeness (QED) is 0.100. The summed E-state index contributed by atoms with van der Waals surface area (Å²) in [5.41, 5.74) is -0.364. The number of phenols is 3. The lowest BCUT2D eigenvalue weighted by atomic mass is 9.78. The number of benzene rings is 2. The largest absolute Gasteiger partial charge is 0.507 e. The number of aromatic hydroxyl groups is 3. The number of carbonyl (C=O) groups is 3. The second-order valence-electron chi connectivity index (χ2n) is 15.6. The summed E-state index contributed by atoms with van der Waals surface area (Å²) in [7, 11) is 1.44. The van der Waals surface area contributed by atoms with E-state index in [0.29, 0.717) is 26.2 Å². The van der Waals surface area contributed by atoms with E-state index in [1.807, 2.05) is 0 Å². The molecule has 2 aromatic rings. The summed E-state index contributed by atoms with van der Waals surface area (Å²) < 4.78 is 23.6. The fraction of sp³-hybridized carbons (Fsp3) is 0.524. The molecule has 4 heterocycles. The van der Waals surface area contributed by atoms with Gasteiger partial charge in [0.25, 0.3) is 11.7 Å². The number of phenolic OH excluding ortho intramolecular Hbond substituents is 3. The van der Waals surface area contributed by atoms with Gasteiger partial charge in [-0.2, -0.15) is 5.10 Å². The van der Waals surface area contributed by atoms with Crippen molar-refractivity contribution in [3.8, 4) is 23.0 Å². The van der Waals surface area contributed by atoms with Gasteiger partial charge in [0.1, 0.15) is 23.4 Å². The monoisotopic (exact) mass is 808 g/mol. The molecule has 0 radical (unpaired) electrons. The molecule has 1 fully saturated rings. The summed E-state index contributed by atoms with van der Waals surface area (Å²) in [5.74, 6) is -8.36. The Hall–Kier alpha value is -5.16. The van der Waals surface area contributed by atoms with Gasteiger partial charge in [0.2, 0.25) is 0 Å². The second kappa shape index (κ2) is 17.8. The molecule has 1 saturated heterocycles. The van der Waals surface area contributed by atoms with Gasteiger partial charge in [-0.15, -0.1) is 0 Å². The van der Waals surface area contributed by atoms with E-state index in [9.17, 15) is 39.9 Å². The maximum absolute atomic E-state index is 14.4. The number of hydrogen-bond donors (Lipinski definition) is 7. The van der Waals surface area contributed by atoms with Crippen LogP contribution in [0.1, 0.15) is 70.0 Å². The summed E-state index contributed by atoms with van der Waals surface area (Å²) in [6, 6.07) is 0. The minimum absolute atomic E-state index is 0.0544. The first-order valence-electron chi connectivity index (χ1n) is 19.4. The number of Topliss-reactive ketones (excluding diaryl/α,β-unsaturated/α-hetero) is 1. The Bertz CT molecular complexity index is 2040. The molecule has 58 heavy (non-hydrogen) atoms. The Morgan fingerprint density at radius 3 is 2.28 bits per heavy atom. The number of fused-ring (bicyclic) bond motifs is 14. The van der Waals surface area contributed by atoms with Gasteiger partial charge in [-0.05, 0) is 19.9 Å². The minimum Gasteiger partial charge on any atom is -0.507 e. The summed E-state index contributed by atoms with van der Waals surface area (Å²) in [4.78, 5) is 40.4. The zero-order chi connectivity index (χ0) is 42.8. The zero-order valence-corrected chi connectivity index (χ0v) is 34.4. The van der Waals surface area contributed by atoms with E-state index in [1.54, 1.807) is 44.9 Å². The van der Waals surface area contributed by atoms with Crippen molar-refractivity contribution in [3.63, 3.8) is 0 Å². The van der Waals surface area contributed by atoms with Crippen LogP contribution >= 0.6 is 0 Å². The Labute approximate surface area is 337 Å². The van der Waals surface area contributed by atoms with Gasteiger partial charge in [0.15, 0.2) is 5.75 Å². The molecule has 16 heteroatoms. The molecule has 2 aromatic carbocycles. The number of rotatable bonds is 4. The molecule has 16 nitrogen and oxygen atoms in total. The van der Waals surface area contributed by atoms with Gasteiger partial charge in [0, 0.05) is 87.3 Å². The van der Waals surface area contributed by atoms with Crippen LogP contribution in [0.3, 0.4) is 0 Å². The predicted octanol–water partition coefficient (Wildman–Crippen LogP) is 3.99. The van der Waals surface area contributed by atoms with Crippen molar-refractivity contribution < 1.29 is 58.9 Å². The Morgan fingerprint density at radius 1 is 0.966 bits per heavy atom. The Kier molecular flexibility index (Phi) is 13.5. The van der Waals surface area contributed by atoms with E-state index in [2.05, 4.69) is 15.7 Å². The number of nitrogens with one attached hydrogen (secondary N) is 2. The van der Waals surface area contributed by atoms with Crippen LogP contribution in [0.5, 0.6) is 23.0 Å². The van der Waals surface area contributed by atoms with Gasteiger partial charge >= 0.3 is 11.8 Å². The molecule has 5 bridgehead atoms. The molecule has 7 N–H and O–H groups in total. The SMILES string of the molecule is CO[C@H]1/C=C/O[C@@]2(C)Oc3c(C)c(O)c4c(O)c(c(/C=N/N5CCNCC5)c(O)c4c3C2=O)NC(=O)/C(C)=C\C=C\C(C)[C@H](O)[C@@H](C)[C@@H](O)[C@@H](C)C(OC(C)=O)[C@@H]1C. The standard InChI is InChI=1S/C42H56N4O12/c1-20-11-10-12-21(2)41(54)45-32-27(19-44-46-16-14-43-15-17-46)36(51)29-30(37(32)52)35(50)25(6)39-31(29)40(53)42(8,58-39)56-18-13-28(55-9)22(3)38(57-26(7)47)24(5)34(49)23(4)33(20)48/h10-13,18-20,22-24,28,33-34,38,43,48-52H,14-17H2,1-9H3,(H,45,54)/b11-10+,18-13+,21-12-,44-19+/t20?,22-,23-,24-,28+,33+,34-,38?,42+/m1/s1.